The number of ketones is 1. The van der Waals surface area contributed by atoms with Crippen LogP contribution in [0, 0.1) is 17.8 Å². The molecule has 0 radical (unpaired) electrons. The molecule has 0 N–H and O–H groups in total. The molecule has 1 aliphatic carbocycles. The summed E-state index contributed by atoms with van der Waals surface area (Å²) in [5.41, 5.74) is -0.156. The van der Waals surface area contributed by atoms with Gasteiger partial charge in [0.25, 0.3) is 0 Å². The molecule has 3 fully saturated rings. The number of carbonyl (C=O) groups is 1. The molecular formula is C26H32O5. The maximum absolute atomic E-state index is 13.8. The fourth-order valence-electron chi connectivity index (χ4n) is 5.12. The van der Waals surface area contributed by atoms with Gasteiger partial charge in [-0.05, 0) is 44.1 Å². The first-order valence-electron chi connectivity index (χ1n) is 10.9. The van der Waals surface area contributed by atoms with E-state index in [2.05, 4.69) is 19.7 Å². The van der Waals surface area contributed by atoms with Gasteiger partial charge < -0.3 is 18.9 Å². The fraction of sp³-hybridized carbons (Fsp3) is 0.500. The minimum Gasteiger partial charge on any atom is -0.360 e. The zero-order valence-corrected chi connectivity index (χ0v) is 18.4. The SMILES string of the molecule is C=C[C@@H]1C[C@H](C=C)[C@H](C(=O)[C@H]2O[C@@H]3OC(C)(C)O[C@@H]3[C@]2(C=C)OCc2ccccc2)C1. The second kappa shape index (κ2) is 8.47. The molecule has 31 heavy (non-hydrogen) atoms. The van der Waals surface area contributed by atoms with Gasteiger partial charge in [-0.25, -0.2) is 0 Å². The van der Waals surface area contributed by atoms with Gasteiger partial charge in [-0.15, -0.1) is 19.7 Å². The van der Waals surface area contributed by atoms with E-state index in [1.165, 1.54) is 0 Å². The van der Waals surface area contributed by atoms with Crippen LogP contribution in [-0.4, -0.2) is 35.7 Å². The van der Waals surface area contributed by atoms with Crippen molar-refractivity contribution < 1.29 is 23.7 Å². The number of fused-ring (bicyclic) bond motifs is 1. The molecule has 2 saturated heterocycles. The second-order valence-electron chi connectivity index (χ2n) is 9.15. The summed E-state index contributed by atoms with van der Waals surface area (Å²) in [5, 5.41) is 0. The summed E-state index contributed by atoms with van der Waals surface area (Å²) >= 11 is 0. The number of Topliss-reactive ketones (excluding diaryl/α,β-unsaturated/α-hetero) is 1. The van der Waals surface area contributed by atoms with E-state index in [0.717, 1.165) is 18.4 Å². The minimum absolute atomic E-state index is 0.0124. The number of ether oxygens (including phenoxy) is 4. The highest BCUT2D eigenvalue weighted by molar-refractivity contribution is 5.88. The van der Waals surface area contributed by atoms with Crippen LogP contribution in [0.4, 0.5) is 0 Å². The average Bonchev–Trinajstić information content (AvgIpc) is 3.41. The van der Waals surface area contributed by atoms with Gasteiger partial charge in [-0.2, -0.15) is 0 Å². The Kier molecular flexibility index (Phi) is 6.05. The molecule has 166 valence electrons. The Morgan fingerprint density at radius 3 is 2.52 bits per heavy atom. The molecule has 1 aromatic rings. The van der Waals surface area contributed by atoms with Crippen LogP contribution in [-0.2, 0) is 30.3 Å². The molecule has 7 atom stereocenters. The standard InChI is InChI=1S/C26H32O5/c1-6-17-14-19(7-2)20(15-17)21(27)22-26(8-3,28-16-18-12-10-9-11-13-18)23-24(29-22)31-25(4,5)30-23/h6-13,17,19-20,22-24H,1-3,14-16H2,4-5H3/t17-,19+,20-,22-,23+,24-,26-/m1/s1. The Balaban J connectivity index is 1.65. The topological polar surface area (TPSA) is 54.0 Å². The number of benzene rings is 1. The van der Waals surface area contributed by atoms with Crippen LogP contribution in [0.1, 0.15) is 32.3 Å². The summed E-state index contributed by atoms with van der Waals surface area (Å²) in [4.78, 5) is 13.8. The van der Waals surface area contributed by atoms with Crippen LogP contribution in [0.5, 0.6) is 0 Å². The highest BCUT2D eigenvalue weighted by Crippen LogP contribution is 2.49. The lowest BCUT2D eigenvalue weighted by Gasteiger charge is -2.36. The molecule has 5 nitrogen and oxygen atoms in total. The Morgan fingerprint density at radius 1 is 1.13 bits per heavy atom. The van der Waals surface area contributed by atoms with E-state index in [1.54, 1.807) is 6.08 Å². The van der Waals surface area contributed by atoms with Gasteiger partial charge in [0.15, 0.2) is 29.6 Å². The first kappa shape index (κ1) is 22.2. The minimum atomic E-state index is -1.15. The summed E-state index contributed by atoms with van der Waals surface area (Å²) in [6, 6.07) is 9.83. The Labute approximate surface area is 184 Å². The average molecular weight is 425 g/mol. The van der Waals surface area contributed by atoms with Crippen molar-refractivity contribution in [3.05, 3.63) is 73.9 Å². The van der Waals surface area contributed by atoms with Gasteiger partial charge in [0.2, 0.25) is 0 Å². The van der Waals surface area contributed by atoms with E-state index < -0.39 is 29.9 Å². The lowest BCUT2D eigenvalue weighted by atomic mass is 9.81. The van der Waals surface area contributed by atoms with Gasteiger partial charge in [0, 0.05) is 5.92 Å². The monoisotopic (exact) mass is 424 g/mol. The van der Waals surface area contributed by atoms with E-state index in [4.69, 9.17) is 18.9 Å². The Bertz CT molecular complexity index is 847. The summed E-state index contributed by atoms with van der Waals surface area (Å²) in [7, 11) is 0. The van der Waals surface area contributed by atoms with Crippen molar-refractivity contribution >= 4 is 5.78 Å². The molecule has 0 aromatic heterocycles. The number of rotatable bonds is 8. The quantitative estimate of drug-likeness (QED) is 0.572. The van der Waals surface area contributed by atoms with Crippen LogP contribution in [0.25, 0.3) is 0 Å². The summed E-state index contributed by atoms with van der Waals surface area (Å²) < 4.78 is 24.8. The second-order valence-corrected chi connectivity index (χ2v) is 9.15. The molecule has 5 heteroatoms. The smallest absolute Gasteiger partial charge is 0.191 e. The summed E-state index contributed by atoms with van der Waals surface area (Å²) in [6.07, 6.45) is 4.91. The molecule has 2 heterocycles. The van der Waals surface area contributed by atoms with Crippen molar-refractivity contribution in [1.29, 1.82) is 0 Å². The number of allylic oxidation sites excluding steroid dienone is 2. The zero-order valence-electron chi connectivity index (χ0n) is 18.4. The lowest BCUT2D eigenvalue weighted by molar-refractivity contribution is -0.229. The largest absolute Gasteiger partial charge is 0.360 e. The van der Waals surface area contributed by atoms with Crippen molar-refractivity contribution in [3.63, 3.8) is 0 Å². The Hall–Kier alpha value is -2.05. The van der Waals surface area contributed by atoms with E-state index in [-0.39, 0.29) is 23.5 Å². The van der Waals surface area contributed by atoms with Crippen molar-refractivity contribution in [3.8, 4) is 0 Å². The van der Waals surface area contributed by atoms with Crippen LogP contribution in [0.3, 0.4) is 0 Å². The maximum Gasteiger partial charge on any atom is 0.191 e. The molecule has 0 spiro atoms. The third-order valence-corrected chi connectivity index (χ3v) is 6.74. The van der Waals surface area contributed by atoms with Crippen molar-refractivity contribution in [2.24, 2.45) is 17.8 Å². The van der Waals surface area contributed by atoms with E-state index >= 15 is 0 Å². The van der Waals surface area contributed by atoms with Crippen LogP contribution < -0.4 is 0 Å². The van der Waals surface area contributed by atoms with Gasteiger partial charge >= 0.3 is 0 Å². The molecule has 0 unspecified atom stereocenters. The summed E-state index contributed by atoms with van der Waals surface area (Å²) in [5.74, 6) is -0.695. The third kappa shape index (κ3) is 3.96. The van der Waals surface area contributed by atoms with Gasteiger partial charge in [-0.3, -0.25) is 4.79 Å². The maximum atomic E-state index is 13.8. The van der Waals surface area contributed by atoms with E-state index in [1.807, 2.05) is 56.3 Å². The normalized spacial score (nSPS) is 38.5. The number of hydrogen-bond acceptors (Lipinski definition) is 5. The van der Waals surface area contributed by atoms with E-state index in [9.17, 15) is 4.79 Å². The molecule has 1 saturated carbocycles. The molecule has 0 amide bonds. The van der Waals surface area contributed by atoms with Crippen molar-refractivity contribution in [2.45, 2.75) is 63.2 Å². The first-order valence-corrected chi connectivity index (χ1v) is 10.9. The van der Waals surface area contributed by atoms with Gasteiger partial charge in [-0.1, -0.05) is 48.6 Å². The number of carbonyl (C=O) groups excluding carboxylic acids is 1. The summed E-state index contributed by atoms with van der Waals surface area (Å²) in [6.45, 7) is 15.9. The first-order chi connectivity index (χ1) is 14.8. The van der Waals surface area contributed by atoms with Gasteiger partial charge in [0.1, 0.15) is 6.10 Å². The van der Waals surface area contributed by atoms with Crippen LogP contribution >= 0.6 is 0 Å². The highest BCUT2D eigenvalue weighted by atomic mass is 16.8. The predicted molar refractivity (Wildman–Crippen MR) is 118 cm³/mol. The molecule has 3 aliphatic rings. The predicted octanol–water partition coefficient (Wildman–Crippen LogP) is 4.59. The highest BCUT2D eigenvalue weighted by Gasteiger charge is 2.66. The van der Waals surface area contributed by atoms with Crippen LogP contribution in [0.2, 0.25) is 0 Å². The molecule has 2 aliphatic heterocycles. The fourth-order valence-corrected chi connectivity index (χ4v) is 5.12. The lowest BCUT2D eigenvalue weighted by Crippen LogP contribution is -2.53. The third-order valence-electron chi connectivity index (χ3n) is 6.74. The number of hydrogen-bond donors (Lipinski definition) is 0. The van der Waals surface area contributed by atoms with Crippen molar-refractivity contribution in [1.82, 2.24) is 0 Å². The molecule has 0 bridgehead atoms. The zero-order chi connectivity index (χ0) is 22.2. The molecular weight excluding hydrogens is 392 g/mol. The molecule has 4 rings (SSSR count). The van der Waals surface area contributed by atoms with Gasteiger partial charge in [0.05, 0.1) is 6.61 Å². The van der Waals surface area contributed by atoms with Crippen molar-refractivity contribution in [2.75, 3.05) is 0 Å². The Morgan fingerprint density at radius 2 is 1.87 bits per heavy atom. The van der Waals surface area contributed by atoms with Crippen LogP contribution in [0.15, 0.2) is 68.3 Å². The van der Waals surface area contributed by atoms with E-state index in [0.29, 0.717) is 6.61 Å². The molecule has 1 aromatic carbocycles.